The number of imidazole rings is 1. The Labute approximate surface area is 180 Å². The molecule has 1 fully saturated rings. The number of nitrogens with one attached hydrogen (secondary N) is 1. The number of nitrogens with zero attached hydrogens (tertiary/aromatic N) is 2. The average Bonchev–Trinajstić information content (AvgIpc) is 3.45. The van der Waals surface area contributed by atoms with Crippen molar-refractivity contribution in [2.24, 2.45) is 0 Å². The summed E-state index contributed by atoms with van der Waals surface area (Å²) in [5, 5.41) is 3.21. The molecule has 31 heavy (non-hydrogen) atoms. The Morgan fingerprint density at radius 1 is 1.00 bits per heavy atom. The van der Waals surface area contributed by atoms with Gasteiger partial charge in [-0.2, -0.15) is 0 Å². The molecule has 1 saturated carbocycles. The SMILES string of the molecule is Cc1ccc(-c2nc3ccc(C)cn3c2CC(=O)NC2(c3ccc(F)cc3)CC2)cc1. The highest BCUT2D eigenvalue weighted by Crippen LogP contribution is 2.45. The lowest BCUT2D eigenvalue weighted by molar-refractivity contribution is -0.121. The van der Waals surface area contributed by atoms with Gasteiger partial charge >= 0.3 is 0 Å². The maximum absolute atomic E-state index is 13.3. The second kappa shape index (κ2) is 7.34. The van der Waals surface area contributed by atoms with Gasteiger partial charge in [-0.05, 0) is 56.0 Å². The molecule has 2 aromatic carbocycles. The second-order valence-corrected chi connectivity index (χ2v) is 8.52. The zero-order chi connectivity index (χ0) is 21.6. The van der Waals surface area contributed by atoms with Gasteiger partial charge in [-0.3, -0.25) is 4.79 Å². The molecule has 1 N–H and O–H groups in total. The van der Waals surface area contributed by atoms with E-state index in [1.165, 1.54) is 17.7 Å². The lowest BCUT2D eigenvalue weighted by Crippen LogP contribution is -2.36. The number of aromatic nitrogens is 2. The molecule has 0 unspecified atom stereocenters. The summed E-state index contributed by atoms with van der Waals surface area (Å²) in [6.07, 6.45) is 3.97. The highest BCUT2D eigenvalue weighted by molar-refractivity contribution is 5.82. The smallest absolute Gasteiger partial charge is 0.226 e. The number of pyridine rings is 1. The molecule has 4 nitrogen and oxygen atoms in total. The Morgan fingerprint density at radius 2 is 1.68 bits per heavy atom. The summed E-state index contributed by atoms with van der Waals surface area (Å²) in [4.78, 5) is 18.0. The van der Waals surface area contributed by atoms with Gasteiger partial charge in [0.05, 0.1) is 23.3 Å². The number of carbonyl (C=O) groups is 1. The summed E-state index contributed by atoms with van der Waals surface area (Å²) >= 11 is 0. The van der Waals surface area contributed by atoms with Gasteiger partial charge < -0.3 is 9.72 Å². The minimum absolute atomic E-state index is 0.0570. The predicted molar refractivity (Wildman–Crippen MR) is 119 cm³/mol. The van der Waals surface area contributed by atoms with Crippen LogP contribution < -0.4 is 5.32 Å². The minimum Gasteiger partial charge on any atom is -0.346 e. The van der Waals surface area contributed by atoms with Crippen molar-refractivity contribution in [2.45, 2.75) is 38.6 Å². The van der Waals surface area contributed by atoms with E-state index in [9.17, 15) is 9.18 Å². The third-order valence-electron chi connectivity index (χ3n) is 6.04. The average molecular weight is 413 g/mol. The Bertz CT molecular complexity index is 1270. The number of aryl methyl sites for hydroxylation is 2. The van der Waals surface area contributed by atoms with Crippen LogP contribution >= 0.6 is 0 Å². The lowest BCUT2D eigenvalue weighted by atomic mass is 10.0. The number of halogens is 1. The van der Waals surface area contributed by atoms with Crippen molar-refractivity contribution < 1.29 is 9.18 Å². The van der Waals surface area contributed by atoms with Crippen LogP contribution in [-0.2, 0) is 16.8 Å². The van der Waals surface area contributed by atoms with Crippen LogP contribution in [0.2, 0.25) is 0 Å². The number of fused-ring (bicyclic) bond motifs is 1. The fourth-order valence-electron chi connectivity index (χ4n) is 4.15. The quantitative estimate of drug-likeness (QED) is 0.494. The third-order valence-corrected chi connectivity index (χ3v) is 6.04. The molecule has 2 aromatic heterocycles. The zero-order valence-corrected chi connectivity index (χ0v) is 17.7. The lowest BCUT2D eigenvalue weighted by Gasteiger charge is -2.18. The number of hydrogen-bond acceptors (Lipinski definition) is 2. The maximum atomic E-state index is 13.3. The highest BCUT2D eigenvalue weighted by Gasteiger charge is 2.45. The van der Waals surface area contributed by atoms with Crippen LogP contribution in [0.4, 0.5) is 4.39 Å². The van der Waals surface area contributed by atoms with Gasteiger partial charge in [0.1, 0.15) is 11.5 Å². The molecule has 4 aromatic rings. The summed E-state index contributed by atoms with van der Waals surface area (Å²) < 4.78 is 15.3. The van der Waals surface area contributed by atoms with E-state index in [-0.39, 0.29) is 23.7 Å². The van der Waals surface area contributed by atoms with E-state index in [4.69, 9.17) is 4.98 Å². The fourth-order valence-corrected chi connectivity index (χ4v) is 4.15. The van der Waals surface area contributed by atoms with Crippen LogP contribution in [0.15, 0.2) is 66.9 Å². The summed E-state index contributed by atoms with van der Waals surface area (Å²) in [5.74, 6) is -0.326. The van der Waals surface area contributed by atoms with Gasteiger partial charge in [-0.25, -0.2) is 9.37 Å². The van der Waals surface area contributed by atoms with E-state index in [1.807, 2.05) is 41.8 Å². The molecule has 0 radical (unpaired) electrons. The molecule has 5 rings (SSSR count). The molecular formula is C26H24FN3O. The van der Waals surface area contributed by atoms with E-state index in [0.717, 1.165) is 46.6 Å². The third kappa shape index (κ3) is 3.72. The zero-order valence-electron chi connectivity index (χ0n) is 17.7. The molecule has 1 amide bonds. The van der Waals surface area contributed by atoms with Crippen molar-refractivity contribution in [3.63, 3.8) is 0 Å². The maximum Gasteiger partial charge on any atom is 0.226 e. The van der Waals surface area contributed by atoms with Crippen molar-refractivity contribution in [1.82, 2.24) is 14.7 Å². The van der Waals surface area contributed by atoms with Crippen LogP contribution in [-0.4, -0.2) is 15.3 Å². The summed E-state index contributed by atoms with van der Waals surface area (Å²) in [5.41, 5.74) is 6.37. The minimum atomic E-state index is -0.384. The summed E-state index contributed by atoms with van der Waals surface area (Å²) in [6, 6.07) is 18.6. The molecule has 1 aliphatic rings. The molecule has 0 spiro atoms. The van der Waals surface area contributed by atoms with E-state index in [1.54, 1.807) is 12.1 Å². The first kappa shape index (κ1) is 19.5. The Hall–Kier alpha value is -3.47. The molecule has 2 heterocycles. The first-order valence-corrected chi connectivity index (χ1v) is 10.6. The van der Waals surface area contributed by atoms with E-state index in [2.05, 4.69) is 24.4 Å². The first-order valence-electron chi connectivity index (χ1n) is 10.6. The van der Waals surface area contributed by atoms with Crippen molar-refractivity contribution in [3.8, 4) is 11.3 Å². The number of benzene rings is 2. The van der Waals surface area contributed by atoms with Gasteiger partial charge in [0, 0.05) is 11.8 Å². The van der Waals surface area contributed by atoms with Crippen LogP contribution in [0.1, 0.15) is 35.2 Å². The predicted octanol–water partition coefficient (Wildman–Crippen LogP) is 5.11. The second-order valence-electron chi connectivity index (χ2n) is 8.52. The van der Waals surface area contributed by atoms with Crippen molar-refractivity contribution in [3.05, 3.63) is 95.1 Å². The van der Waals surface area contributed by atoms with Crippen LogP contribution in [0, 0.1) is 19.7 Å². The molecule has 0 saturated heterocycles. The molecule has 0 aliphatic heterocycles. The number of rotatable bonds is 5. The molecule has 156 valence electrons. The van der Waals surface area contributed by atoms with Crippen molar-refractivity contribution in [2.75, 3.05) is 0 Å². The molecule has 0 bridgehead atoms. The number of carbonyl (C=O) groups excluding carboxylic acids is 1. The summed E-state index contributed by atoms with van der Waals surface area (Å²) in [7, 11) is 0. The van der Waals surface area contributed by atoms with E-state index >= 15 is 0 Å². The van der Waals surface area contributed by atoms with Gasteiger partial charge in [0.15, 0.2) is 0 Å². The van der Waals surface area contributed by atoms with Crippen molar-refractivity contribution in [1.29, 1.82) is 0 Å². The Balaban J connectivity index is 1.48. The monoisotopic (exact) mass is 413 g/mol. The highest BCUT2D eigenvalue weighted by atomic mass is 19.1. The molecule has 0 atom stereocenters. The molecule has 5 heteroatoms. The Kier molecular flexibility index (Phi) is 4.62. The van der Waals surface area contributed by atoms with Gasteiger partial charge in [0.25, 0.3) is 0 Å². The van der Waals surface area contributed by atoms with Gasteiger partial charge in [-0.1, -0.05) is 48.0 Å². The normalized spacial score (nSPS) is 14.5. The number of hydrogen-bond donors (Lipinski definition) is 1. The molecular weight excluding hydrogens is 389 g/mol. The first-order chi connectivity index (χ1) is 14.9. The summed E-state index contributed by atoms with van der Waals surface area (Å²) in [6.45, 7) is 4.08. The van der Waals surface area contributed by atoms with Gasteiger partial charge in [-0.15, -0.1) is 0 Å². The molecule has 1 aliphatic carbocycles. The van der Waals surface area contributed by atoms with Gasteiger partial charge in [0.2, 0.25) is 5.91 Å². The van der Waals surface area contributed by atoms with Crippen LogP contribution in [0.25, 0.3) is 16.9 Å². The standard InChI is InChI=1S/C26H24FN3O/c1-17-3-6-19(7-4-17)25-22(30-16-18(2)5-12-23(30)28-25)15-24(31)29-26(13-14-26)20-8-10-21(27)11-9-20/h3-12,16H,13-15H2,1-2H3,(H,29,31). The largest absolute Gasteiger partial charge is 0.346 e. The van der Waals surface area contributed by atoms with E-state index in [0.29, 0.717) is 0 Å². The van der Waals surface area contributed by atoms with Crippen LogP contribution in [0.3, 0.4) is 0 Å². The fraction of sp³-hybridized carbons (Fsp3) is 0.231. The van der Waals surface area contributed by atoms with Crippen molar-refractivity contribution >= 4 is 11.6 Å². The van der Waals surface area contributed by atoms with Crippen LogP contribution in [0.5, 0.6) is 0 Å². The topological polar surface area (TPSA) is 46.4 Å². The Morgan fingerprint density at radius 3 is 2.35 bits per heavy atom. The number of amides is 1. The van der Waals surface area contributed by atoms with E-state index < -0.39 is 0 Å².